The van der Waals surface area contributed by atoms with Gasteiger partial charge in [0.2, 0.25) is 5.91 Å². The number of hydrogen-bond acceptors (Lipinski definition) is 2. The largest absolute Gasteiger partial charge is 0.337 e. The van der Waals surface area contributed by atoms with Crippen LogP contribution in [0.2, 0.25) is 0 Å². The van der Waals surface area contributed by atoms with Gasteiger partial charge in [-0.25, -0.2) is 0 Å². The minimum absolute atomic E-state index is 0.248. The number of rotatable bonds is 5. The molecule has 1 unspecified atom stereocenters. The van der Waals surface area contributed by atoms with Gasteiger partial charge in [0.1, 0.15) is 0 Å². The number of carbonyl (C=O) groups is 1. The molecule has 1 saturated heterocycles. The molecule has 92 valence electrons. The van der Waals surface area contributed by atoms with E-state index in [4.69, 9.17) is 0 Å². The van der Waals surface area contributed by atoms with Crippen LogP contribution >= 0.6 is 0 Å². The maximum Gasteiger partial charge on any atom is 0.243 e. The Morgan fingerprint density at radius 2 is 2.19 bits per heavy atom. The Morgan fingerprint density at radius 1 is 1.50 bits per heavy atom. The molecule has 0 aromatic heterocycles. The van der Waals surface area contributed by atoms with E-state index in [-0.39, 0.29) is 11.4 Å². The summed E-state index contributed by atoms with van der Waals surface area (Å²) in [5, 5.41) is 3.39. The number of carbonyl (C=O) groups excluding carboxylic acids is 1. The number of likely N-dealkylation sites (N-methyl/N-ethyl adjacent to an activating group) is 1. The normalized spacial score (nSPS) is 24.4. The molecule has 0 saturated carbocycles. The third kappa shape index (κ3) is 2.64. The molecule has 0 aromatic carbocycles. The second-order valence-electron chi connectivity index (χ2n) is 4.74. The van der Waals surface area contributed by atoms with Crippen LogP contribution < -0.4 is 5.32 Å². The summed E-state index contributed by atoms with van der Waals surface area (Å²) in [5.41, 5.74) is 0.741. The highest BCUT2D eigenvalue weighted by Crippen LogP contribution is 2.25. The highest BCUT2D eigenvalue weighted by Gasteiger charge is 2.41. The van der Waals surface area contributed by atoms with Gasteiger partial charge in [-0.3, -0.25) is 4.79 Å². The summed E-state index contributed by atoms with van der Waals surface area (Å²) in [4.78, 5) is 14.4. The van der Waals surface area contributed by atoms with Crippen molar-refractivity contribution in [1.82, 2.24) is 10.2 Å². The summed E-state index contributed by atoms with van der Waals surface area (Å²) in [6, 6.07) is 0. The van der Waals surface area contributed by atoms with Crippen molar-refractivity contribution in [2.75, 3.05) is 19.6 Å². The number of amides is 1. The zero-order chi connectivity index (χ0) is 12.2. The summed E-state index contributed by atoms with van der Waals surface area (Å²) >= 11 is 0. The zero-order valence-electron chi connectivity index (χ0n) is 10.8. The van der Waals surface area contributed by atoms with E-state index in [1.165, 1.54) is 0 Å². The van der Waals surface area contributed by atoms with Gasteiger partial charge in [0.05, 0.1) is 5.54 Å². The third-order valence-electron chi connectivity index (χ3n) is 3.39. The van der Waals surface area contributed by atoms with Crippen molar-refractivity contribution >= 4 is 5.91 Å². The van der Waals surface area contributed by atoms with Crippen molar-refractivity contribution in [3.8, 4) is 0 Å². The van der Waals surface area contributed by atoms with Gasteiger partial charge >= 0.3 is 0 Å². The molecule has 1 atom stereocenters. The predicted molar refractivity (Wildman–Crippen MR) is 67.3 cm³/mol. The van der Waals surface area contributed by atoms with Crippen LogP contribution in [-0.2, 0) is 4.79 Å². The van der Waals surface area contributed by atoms with Crippen molar-refractivity contribution in [3.05, 3.63) is 12.2 Å². The van der Waals surface area contributed by atoms with Crippen LogP contribution in [0.1, 0.15) is 40.0 Å². The van der Waals surface area contributed by atoms with E-state index >= 15 is 0 Å². The van der Waals surface area contributed by atoms with Crippen LogP contribution in [0.4, 0.5) is 0 Å². The van der Waals surface area contributed by atoms with Crippen molar-refractivity contribution in [2.45, 2.75) is 45.6 Å². The monoisotopic (exact) mass is 224 g/mol. The van der Waals surface area contributed by atoms with E-state index in [2.05, 4.69) is 18.8 Å². The summed E-state index contributed by atoms with van der Waals surface area (Å²) in [5.74, 6) is 0.248. The Morgan fingerprint density at radius 3 is 2.56 bits per heavy atom. The molecule has 0 radical (unpaired) electrons. The first kappa shape index (κ1) is 13.2. The topological polar surface area (TPSA) is 32.3 Å². The minimum Gasteiger partial charge on any atom is -0.337 e. The predicted octanol–water partition coefficient (Wildman–Crippen LogP) is 1.94. The van der Waals surface area contributed by atoms with Gasteiger partial charge in [0, 0.05) is 13.1 Å². The lowest BCUT2D eigenvalue weighted by Gasteiger charge is -2.33. The number of nitrogens with one attached hydrogen (secondary N) is 1. The molecule has 3 heteroatoms. The fourth-order valence-electron chi connectivity index (χ4n) is 2.40. The molecule has 1 aliphatic heterocycles. The van der Waals surface area contributed by atoms with Crippen LogP contribution in [-0.4, -0.2) is 36.0 Å². The molecular formula is C13H24N2O. The van der Waals surface area contributed by atoms with Crippen LogP contribution in [0.15, 0.2) is 12.2 Å². The fraction of sp³-hybridized carbons (Fsp3) is 0.769. The third-order valence-corrected chi connectivity index (χ3v) is 3.39. The molecule has 16 heavy (non-hydrogen) atoms. The molecule has 3 nitrogen and oxygen atoms in total. The van der Waals surface area contributed by atoms with E-state index in [0.29, 0.717) is 6.54 Å². The summed E-state index contributed by atoms with van der Waals surface area (Å²) < 4.78 is 0. The Balaban J connectivity index is 2.76. The first-order valence-corrected chi connectivity index (χ1v) is 6.24. The van der Waals surface area contributed by atoms with Crippen molar-refractivity contribution in [3.63, 3.8) is 0 Å². The molecule has 1 amide bonds. The quantitative estimate of drug-likeness (QED) is 0.724. The molecule has 0 bridgehead atoms. The maximum atomic E-state index is 12.5. The van der Waals surface area contributed by atoms with Crippen LogP contribution in [0.25, 0.3) is 0 Å². The van der Waals surface area contributed by atoms with Gasteiger partial charge in [0.25, 0.3) is 0 Å². The van der Waals surface area contributed by atoms with Gasteiger partial charge < -0.3 is 10.2 Å². The van der Waals surface area contributed by atoms with Crippen molar-refractivity contribution in [1.29, 1.82) is 0 Å². The van der Waals surface area contributed by atoms with E-state index in [0.717, 1.165) is 37.9 Å². The van der Waals surface area contributed by atoms with Crippen LogP contribution in [0, 0.1) is 0 Å². The summed E-state index contributed by atoms with van der Waals surface area (Å²) in [6.45, 7) is 12.4. The molecule has 1 aliphatic rings. The molecule has 1 fully saturated rings. The van der Waals surface area contributed by atoms with Crippen molar-refractivity contribution < 1.29 is 4.79 Å². The smallest absolute Gasteiger partial charge is 0.243 e. The van der Waals surface area contributed by atoms with Crippen LogP contribution in [0.3, 0.4) is 0 Å². The Hall–Kier alpha value is -0.830. The number of nitrogens with zero attached hydrogens (tertiary/aromatic N) is 1. The number of hydrogen-bond donors (Lipinski definition) is 1. The van der Waals surface area contributed by atoms with Crippen LogP contribution in [0.5, 0.6) is 0 Å². The van der Waals surface area contributed by atoms with E-state index in [1.807, 2.05) is 18.7 Å². The summed E-state index contributed by atoms with van der Waals surface area (Å²) in [7, 11) is 0. The van der Waals surface area contributed by atoms with E-state index in [1.54, 1.807) is 0 Å². The van der Waals surface area contributed by atoms with Gasteiger partial charge in [0.15, 0.2) is 0 Å². The highest BCUT2D eigenvalue weighted by molar-refractivity contribution is 5.87. The van der Waals surface area contributed by atoms with Gasteiger partial charge in [-0.15, -0.1) is 0 Å². The lowest BCUT2D eigenvalue weighted by Crippen LogP contribution is -2.54. The van der Waals surface area contributed by atoms with Gasteiger partial charge in [-0.1, -0.05) is 19.1 Å². The standard InChI is InChI=1S/C13H24N2O/c1-5-13(8-7-9-14-13)12(16)15(6-2)10-11(3)4/h14H,3,5-10H2,1-2,4H3. The molecule has 1 heterocycles. The zero-order valence-corrected chi connectivity index (χ0v) is 10.8. The van der Waals surface area contributed by atoms with E-state index in [9.17, 15) is 4.79 Å². The molecule has 1 rings (SSSR count). The maximum absolute atomic E-state index is 12.5. The average molecular weight is 224 g/mol. The minimum atomic E-state index is -0.300. The molecule has 1 N–H and O–H groups in total. The first-order valence-electron chi connectivity index (χ1n) is 6.24. The lowest BCUT2D eigenvalue weighted by atomic mass is 9.92. The molecule has 0 aromatic rings. The fourth-order valence-corrected chi connectivity index (χ4v) is 2.40. The highest BCUT2D eigenvalue weighted by atomic mass is 16.2. The summed E-state index contributed by atoms with van der Waals surface area (Å²) in [6.07, 6.45) is 2.94. The van der Waals surface area contributed by atoms with Crippen molar-refractivity contribution in [2.24, 2.45) is 0 Å². The molecule has 0 aliphatic carbocycles. The first-order chi connectivity index (χ1) is 7.55. The molecular weight excluding hydrogens is 200 g/mol. The van der Waals surface area contributed by atoms with Gasteiger partial charge in [-0.05, 0) is 39.7 Å². The molecule has 0 spiro atoms. The average Bonchev–Trinajstić information content (AvgIpc) is 2.74. The Kier molecular flexibility index (Phi) is 4.54. The second-order valence-corrected chi connectivity index (χ2v) is 4.74. The van der Waals surface area contributed by atoms with Gasteiger partial charge in [-0.2, -0.15) is 0 Å². The van der Waals surface area contributed by atoms with E-state index < -0.39 is 0 Å². The SMILES string of the molecule is C=C(C)CN(CC)C(=O)C1(CC)CCCN1. The Labute approximate surface area is 98.9 Å². The second kappa shape index (κ2) is 5.48. The Bertz CT molecular complexity index is 267. The lowest BCUT2D eigenvalue weighted by molar-refractivity contribution is -0.137.